The Balaban J connectivity index is 2.02. The number of rotatable bonds is 3. The predicted octanol–water partition coefficient (Wildman–Crippen LogP) is 3.68. The molecule has 0 unspecified atom stereocenters. The van der Waals surface area contributed by atoms with Crippen LogP contribution in [0.15, 0.2) is 24.3 Å². The molecule has 0 bridgehead atoms. The van der Waals surface area contributed by atoms with E-state index >= 15 is 0 Å². The first kappa shape index (κ1) is 11.1. The first-order valence-corrected chi connectivity index (χ1v) is 6.20. The molecule has 2 heterocycles. The van der Waals surface area contributed by atoms with E-state index in [0.29, 0.717) is 0 Å². The van der Waals surface area contributed by atoms with E-state index in [-0.39, 0.29) is 0 Å². The Hall–Kier alpha value is -1.35. The van der Waals surface area contributed by atoms with Crippen LogP contribution in [0.5, 0.6) is 0 Å². The van der Waals surface area contributed by atoms with Crippen molar-refractivity contribution in [3.63, 3.8) is 0 Å². The lowest BCUT2D eigenvalue weighted by molar-refractivity contribution is 1.11. The zero-order chi connectivity index (χ0) is 11.5. The fourth-order valence-corrected chi connectivity index (χ4v) is 2.55. The van der Waals surface area contributed by atoms with Gasteiger partial charge in [0.25, 0.3) is 0 Å². The molecule has 2 aromatic rings. The summed E-state index contributed by atoms with van der Waals surface area (Å²) in [6.07, 6.45) is 0. The summed E-state index contributed by atoms with van der Waals surface area (Å²) in [6.45, 7) is 7.18. The van der Waals surface area contributed by atoms with Crippen LogP contribution in [0.2, 0.25) is 0 Å². The van der Waals surface area contributed by atoms with Crippen molar-refractivity contribution < 1.29 is 0 Å². The molecule has 1 N–H and O–H groups in total. The minimum atomic E-state index is 0.857. The number of hydrogen-bond acceptors (Lipinski definition) is 3. The van der Waals surface area contributed by atoms with Gasteiger partial charge in [0.05, 0.1) is 6.54 Å². The molecular weight excluding hydrogens is 216 g/mol. The smallest absolute Gasteiger partial charge is 0.126 e. The number of nitrogens with zero attached hydrogens (tertiary/aromatic N) is 1. The summed E-state index contributed by atoms with van der Waals surface area (Å²) in [5.74, 6) is 0.948. The first-order chi connectivity index (χ1) is 7.65. The molecule has 84 valence electrons. The largest absolute Gasteiger partial charge is 0.365 e. The molecule has 0 aliphatic carbocycles. The van der Waals surface area contributed by atoms with Crippen molar-refractivity contribution in [1.82, 2.24) is 4.98 Å². The summed E-state index contributed by atoms with van der Waals surface area (Å²) in [5.41, 5.74) is 2.42. The number of anilines is 1. The number of aromatic nitrogens is 1. The quantitative estimate of drug-likeness (QED) is 0.873. The van der Waals surface area contributed by atoms with E-state index in [1.54, 1.807) is 0 Å². The van der Waals surface area contributed by atoms with Crippen LogP contribution in [0, 0.1) is 20.8 Å². The second kappa shape index (κ2) is 4.66. The molecule has 2 aromatic heterocycles. The van der Waals surface area contributed by atoms with Crippen molar-refractivity contribution in [2.75, 3.05) is 5.32 Å². The van der Waals surface area contributed by atoms with Crippen molar-refractivity contribution in [2.45, 2.75) is 27.3 Å². The van der Waals surface area contributed by atoms with Gasteiger partial charge in [-0.2, -0.15) is 0 Å². The third kappa shape index (κ3) is 2.61. The summed E-state index contributed by atoms with van der Waals surface area (Å²) >= 11 is 1.85. The summed E-state index contributed by atoms with van der Waals surface area (Å²) in [4.78, 5) is 7.17. The van der Waals surface area contributed by atoms with Crippen LogP contribution in [0.25, 0.3) is 0 Å². The van der Waals surface area contributed by atoms with Crippen LogP contribution in [0.3, 0.4) is 0 Å². The van der Waals surface area contributed by atoms with Crippen LogP contribution < -0.4 is 5.32 Å². The molecule has 0 atom stereocenters. The monoisotopic (exact) mass is 232 g/mol. The Bertz CT molecular complexity index is 469. The Labute approximate surface area is 100 Å². The van der Waals surface area contributed by atoms with Gasteiger partial charge >= 0.3 is 0 Å². The van der Waals surface area contributed by atoms with Gasteiger partial charge in [-0.1, -0.05) is 6.07 Å². The minimum absolute atomic E-state index is 0.857. The van der Waals surface area contributed by atoms with E-state index in [4.69, 9.17) is 0 Å². The zero-order valence-electron chi connectivity index (χ0n) is 9.87. The summed E-state index contributed by atoms with van der Waals surface area (Å²) in [7, 11) is 0. The maximum absolute atomic E-state index is 4.41. The molecular formula is C13H16N2S. The Kier molecular flexibility index (Phi) is 3.25. The van der Waals surface area contributed by atoms with Crippen molar-refractivity contribution in [3.8, 4) is 0 Å². The predicted molar refractivity (Wildman–Crippen MR) is 70.1 cm³/mol. The third-order valence-corrected chi connectivity index (χ3v) is 3.70. The SMILES string of the molecule is Cc1cccc(NCc2cc(C)c(C)s2)n1. The Morgan fingerprint density at radius 2 is 2.06 bits per heavy atom. The van der Waals surface area contributed by atoms with Crippen LogP contribution in [-0.4, -0.2) is 4.98 Å². The van der Waals surface area contributed by atoms with Crippen LogP contribution in [-0.2, 0) is 6.54 Å². The molecule has 0 aliphatic heterocycles. The van der Waals surface area contributed by atoms with Crippen LogP contribution >= 0.6 is 11.3 Å². The normalized spacial score (nSPS) is 10.4. The average molecular weight is 232 g/mol. The molecule has 0 spiro atoms. The second-order valence-electron chi connectivity index (χ2n) is 3.97. The van der Waals surface area contributed by atoms with Gasteiger partial charge in [-0.25, -0.2) is 4.98 Å². The lowest BCUT2D eigenvalue weighted by Crippen LogP contribution is -1.99. The highest BCUT2D eigenvalue weighted by atomic mass is 32.1. The maximum atomic E-state index is 4.41. The summed E-state index contributed by atoms with van der Waals surface area (Å²) < 4.78 is 0. The number of hydrogen-bond donors (Lipinski definition) is 1. The standard InChI is InChI=1S/C13H16N2S/c1-9-7-12(16-11(9)3)8-14-13-6-4-5-10(2)15-13/h4-7H,8H2,1-3H3,(H,14,15). The molecule has 0 saturated carbocycles. The van der Waals surface area contributed by atoms with E-state index in [0.717, 1.165) is 18.1 Å². The molecule has 3 heteroatoms. The lowest BCUT2D eigenvalue weighted by Gasteiger charge is -2.03. The Morgan fingerprint density at radius 1 is 1.25 bits per heavy atom. The van der Waals surface area contributed by atoms with E-state index in [1.165, 1.54) is 15.3 Å². The van der Waals surface area contributed by atoms with E-state index in [1.807, 2.05) is 36.5 Å². The Morgan fingerprint density at radius 3 is 2.69 bits per heavy atom. The van der Waals surface area contributed by atoms with Gasteiger partial charge in [-0.05, 0) is 44.5 Å². The van der Waals surface area contributed by atoms with E-state index in [9.17, 15) is 0 Å². The van der Waals surface area contributed by atoms with Crippen molar-refractivity contribution in [2.24, 2.45) is 0 Å². The van der Waals surface area contributed by atoms with Crippen molar-refractivity contribution in [1.29, 1.82) is 0 Å². The topological polar surface area (TPSA) is 24.9 Å². The molecule has 0 amide bonds. The molecule has 0 saturated heterocycles. The van der Waals surface area contributed by atoms with Gasteiger partial charge in [-0.15, -0.1) is 11.3 Å². The first-order valence-electron chi connectivity index (χ1n) is 5.38. The van der Waals surface area contributed by atoms with Gasteiger partial charge < -0.3 is 5.32 Å². The summed E-state index contributed by atoms with van der Waals surface area (Å²) in [6, 6.07) is 8.27. The molecule has 0 aliphatic rings. The number of thiophene rings is 1. The second-order valence-corrected chi connectivity index (χ2v) is 5.31. The number of pyridine rings is 1. The van der Waals surface area contributed by atoms with Crippen molar-refractivity contribution >= 4 is 17.2 Å². The molecule has 16 heavy (non-hydrogen) atoms. The molecule has 2 nitrogen and oxygen atoms in total. The highest BCUT2D eigenvalue weighted by Crippen LogP contribution is 2.21. The summed E-state index contributed by atoms with van der Waals surface area (Å²) in [5, 5.41) is 3.34. The molecule has 0 radical (unpaired) electrons. The average Bonchev–Trinajstić information content (AvgIpc) is 2.56. The fraction of sp³-hybridized carbons (Fsp3) is 0.308. The van der Waals surface area contributed by atoms with E-state index in [2.05, 4.69) is 30.2 Å². The highest BCUT2D eigenvalue weighted by Gasteiger charge is 2.01. The van der Waals surface area contributed by atoms with Crippen LogP contribution in [0.1, 0.15) is 21.0 Å². The minimum Gasteiger partial charge on any atom is -0.365 e. The maximum Gasteiger partial charge on any atom is 0.126 e. The van der Waals surface area contributed by atoms with Gasteiger partial charge in [0.1, 0.15) is 5.82 Å². The van der Waals surface area contributed by atoms with Gasteiger partial charge in [0.15, 0.2) is 0 Å². The van der Waals surface area contributed by atoms with Gasteiger partial charge in [0, 0.05) is 15.4 Å². The lowest BCUT2D eigenvalue weighted by atomic mass is 10.3. The van der Waals surface area contributed by atoms with E-state index < -0.39 is 0 Å². The van der Waals surface area contributed by atoms with Gasteiger partial charge in [0.2, 0.25) is 0 Å². The zero-order valence-corrected chi connectivity index (χ0v) is 10.7. The molecule has 2 rings (SSSR count). The van der Waals surface area contributed by atoms with Crippen molar-refractivity contribution in [3.05, 3.63) is 45.3 Å². The molecule has 0 fully saturated rings. The highest BCUT2D eigenvalue weighted by molar-refractivity contribution is 7.12. The third-order valence-electron chi connectivity index (χ3n) is 2.55. The number of aryl methyl sites for hydroxylation is 3. The number of nitrogens with one attached hydrogen (secondary N) is 1. The fourth-order valence-electron chi connectivity index (χ4n) is 1.56. The van der Waals surface area contributed by atoms with Gasteiger partial charge in [-0.3, -0.25) is 0 Å². The molecule has 0 aromatic carbocycles. The van der Waals surface area contributed by atoms with Crippen LogP contribution in [0.4, 0.5) is 5.82 Å².